The first-order valence-electron chi connectivity index (χ1n) is 12.4. The fraction of sp³-hybridized carbons (Fsp3) is 0.286. The minimum Gasteiger partial charge on any atom is -0.435 e. The lowest BCUT2D eigenvalue weighted by Crippen LogP contribution is -2.45. The summed E-state index contributed by atoms with van der Waals surface area (Å²) >= 11 is 0. The minimum absolute atomic E-state index is 0.00221. The van der Waals surface area contributed by atoms with Crippen LogP contribution < -0.4 is 15.0 Å². The second-order valence-electron chi connectivity index (χ2n) is 9.34. The predicted octanol–water partition coefficient (Wildman–Crippen LogP) is 4.98. The number of hydrogen-bond donors (Lipinski definition) is 1. The Kier molecular flexibility index (Phi) is 7.60. The van der Waals surface area contributed by atoms with Gasteiger partial charge in [0.05, 0.1) is 41.4 Å². The van der Waals surface area contributed by atoms with Crippen LogP contribution in [-0.2, 0) is 11.3 Å². The van der Waals surface area contributed by atoms with Crippen molar-refractivity contribution in [2.24, 2.45) is 0 Å². The zero-order chi connectivity index (χ0) is 27.5. The molecule has 3 aromatic heterocycles. The van der Waals surface area contributed by atoms with Crippen LogP contribution in [0.3, 0.4) is 0 Å². The monoisotopic (exact) mass is 537 g/mol. The molecule has 1 fully saturated rings. The van der Waals surface area contributed by atoms with E-state index in [2.05, 4.69) is 25.0 Å². The number of amides is 1. The number of halogens is 3. The van der Waals surface area contributed by atoms with Gasteiger partial charge in [-0.05, 0) is 50.2 Å². The maximum atomic E-state index is 14.6. The molecule has 202 valence electrons. The zero-order valence-electron chi connectivity index (χ0n) is 21.3. The fourth-order valence-electron chi connectivity index (χ4n) is 4.53. The summed E-state index contributed by atoms with van der Waals surface area (Å²) in [6.45, 7) is 2.26. The van der Waals surface area contributed by atoms with Gasteiger partial charge in [-0.2, -0.15) is 8.78 Å². The largest absolute Gasteiger partial charge is 0.435 e. The van der Waals surface area contributed by atoms with Gasteiger partial charge in [0.15, 0.2) is 0 Å². The first-order chi connectivity index (χ1) is 18.7. The number of ether oxygens (including phenoxy) is 2. The highest BCUT2D eigenvalue weighted by molar-refractivity contribution is 5.94. The molecule has 0 saturated carbocycles. The SMILES string of the molecule is C[C@@H]1CN(c2cc(F)cc(-c3ccc4cnc(CNC(=O)c5cccc(OC(F)F)c5)cc4n3)n2)C[C@H](C)O1. The van der Waals surface area contributed by atoms with Crippen LogP contribution >= 0.6 is 0 Å². The summed E-state index contributed by atoms with van der Waals surface area (Å²) in [5, 5.41) is 3.48. The number of nitrogens with zero attached hydrogens (tertiary/aromatic N) is 4. The highest BCUT2D eigenvalue weighted by atomic mass is 19.3. The number of pyridine rings is 3. The first kappa shape index (κ1) is 26.4. The number of hydrogen-bond acceptors (Lipinski definition) is 7. The molecule has 1 N–H and O–H groups in total. The average Bonchev–Trinajstić information content (AvgIpc) is 2.90. The lowest BCUT2D eigenvalue weighted by molar-refractivity contribution is -0.0498. The Morgan fingerprint density at radius 1 is 1.08 bits per heavy atom. The van der Waals surface area contributed by atoms with Gasteiger partial charge in [0.1, 0.15) is 17.4 Å². The summed E-state index contributed by atoms with van der Waals surface area (Å²) in [6, 6.07) is 13.6. The number of carbonyl (C=O) groups excluding carboxylic acids is 1. The van der Waals surface area contributed by atoms with Crippen molar-refractivity contribution in [3.8, 4) is 17.1 Å². The molecule has 8 nitrogen and oxygen atoms in total. The quantitative estimate of drug-likeness (QED) is 0.356. The lowest BCUT2D eigenvalue weighted by Gasteiger charge is -2.36. The third kappa shape index (κ3) is 6.43. The van der Waals surface area contributed by atoms with Gasteiger partial charge in [-0.25, -0.2) is 14.4 Å². The van der Waals surface area contributed by atoms with E-state index in [1.54, 1.807) is 18.3 Å². The molecule has 5 rings (SSSR count). The fourth-order valence-corrected chi connectivity index (χ4v) is 4.53. The molecule has 4 heterocycles. The van der Waals surface area contributed by atoms with Gasteiger partial charge in [0.2, 0.25) is 0 Å². The molecular weight excluding hydrogens is 511 g/mol. The number of aromatic nitrogens is 3. The number of fused-ring (bicyclic) bond motifs is 1. The number of nitrogens with one attached hydrogen (secondary N) is 1. The van der Waals surface area contributed by atoms with E-state index in [1.807, 2.05) is 24.8 Å². The van der Waals surface area contributed by atoms with Crippen LogP contribution in [-0.4, -0.2) is 52.8 Å². The lowest BCUT2D eigenvalue weighted by atomic mass is 10.1. The van der Waals surface area contributed by atoms with Crippen molar-refractivity contribution < 1.29 is 27.4 Å². The molecule has 11 heteroatoms. The molecule has 0 radical (unpaired) electrons. The van der Waals surface area contributed by atoms with Gasteiger partial charge >= 0.3 is 6.61 Å². The van der Waals surface area contributed by atoms with Gasteiger partial charge in [-0.1, -0.05) is 6.07 Å². The van der Waals surface area contributed by atoms with Crippen LogP contribution in [0.25, 0.3) is 22.3 Å². The van der Waals surface area contributed by atoms with Crippen LogP contribution in [0.2, 0.25) is 0 Å². The highest BCUT2D eigenvalue weighted by Gasteiger charge is 2.24. The van der Waals surface area contributed by atoms with Gasteiger partial charge in [-0.3, -0.25) is 9.78 Å². The summed E-state index contributed by atoms with van der Waals surface area (Å²) in [5.74, 6) is -0.466. The Hall–Kier alpha value is -4.25. The van der Waals surface area contributed by atoms with Crippen molar-refractivity contribution >= 4 is 22.6 Å². The molecule has 0 bridgehead atoms. The van der Waals surface area contributed by atoms with E-state index in [-0.39, 0.29) is 30.1 Å². The maximum absolute atomic E-state index is 14.6. The van der Waals surface area contributed by atoms with Crippen LogP contribution in [0.15, 0.2) is 60.8 Å². The average molecular weight is 538 g/mol. The molecule has 4 aromatic rings. The zero-order valence-corrected chi connectivity index (χ0v) is 21.3. The van der Waals surface area contributed by atoms with Gasteiger partial charge in [0, 0.05) is 42.4 Å². The molecule has 1 amide bonds. The molecule has 39 heavy (non-hydrogen) atoms. The third-order valence-electron chi connectivity index (χ3n) is 6.16. The second kappa shape index (κ2) is 11.2. The van der Waals surface area contributed by atoms with Crippen molar-refractivity contribution in [1.82, 2.24) is 20.3 Å². The number of benzene rings is 1. The number of morpholine rings is 1. The van der Waals surface area contributed by atoms with E-state index in [0.717, 1.165) is 5.39 Å². The van der Waals surface area contributed by atoms with E-state index < -0.39 is 18.3 Å². The minimum atomic E-state index is -2.98. The van der Waals surface area contributed by atoms with E-state index in [0.29, 0.717) is 41.5 Å². The normalized spacial score (nSPS) is 17.4. The molecule has 1 aliphatic rings. The molecule has 2 atom stereocenters. The third-order valence-corrected chi connectivity index (χ3v) is 6.16. The van der Waals surface area contributed by atoms with Crippen molar-refractivity contribution in [3.63, 3.8) is 0 Å². The Labute approximate surface area is 222 Å². The number of anilines is 1. The topological polar surface area (TPSA) is 89.5 Å². The summed E-state index contributed by atoms with van der Waals surface area (Å²) < 4.78 is 49.7. The molecule has 1 saturated heterocycles. The van der Waals surface area contributed by atoms with Gasteiger partial charge < -0.3 is 19.7 Å². The van der Waals surface area contributed by atoms with E-state index in [4.69, 9.17) is 4.74 Å². The number of alkyl halides is 2. The predicted molar refractivity (Wildman–Crippen MR) is 139 cm³/mol. The number of rotatable bonds is 7. The van der Waals surface area contributed by atoms with Crippen LogP contribution in [0, 0.1) is 5.82 Å². The van der Waals surface area contributed by atoms with Crippen molar-refractivity contribution in [3.05, 3.63) is 77.9 Å². The van der Waals surface area contributed by atoms with E-state index >= 15 is 0 Å². The summed E-state index contributed by atoms with van der Waals surface area (Å²) in [6.07, 6.45) is 1.64. The standard InChI is InChI=1S/C28H26F3N5O3/c1-16-14-36(15-17(2)38-16)26-10-20(29)9-25(35-26)23-7-6-19-12-32-21(11-24(19)34-23)13-33-27(37)18-4-3-5-22(8-18)39-28(30)31/h3-12,16-17,28H,13-15H2,1-2H3,(H,33,37)/t16-,17+. The first-order valence-corrected chi connectivity index (χ1v) is 12.4. The summed E-state index contributed by atoms with van der Waals surface area (Å²) in [5.41, 5.74) is 2.20. The van der Waals surface area contributed by atoms with Crippen molar-refractivity contribution in [1.29, 1.82) is 0 Å². The van der Waals surface area contributed by atoms with Crippen LogP contribution in [0.1, 0.15) is 29.9 Å². The van der Waals surface area contributed by atoms with Crippen molar-refractivity contribution in [2.75, 3.05) is 18.0 Å². The van der Waals surface area contributed by atoms with Crippen LogP contribution in [0.4, 0.5) is 19.0 Å². The van der Waals surface area contributed by atoms with Gasteiger partial charge in [0.25, 0.3) is 5.91 Å². The molecule has 0 aliphatic carbocycles. The molecule has 0 spiro atoms. The molecular formula is C28H26F3N5O3. The molecule has 0 unspecified atom stereocenters. The summed E-state index contributed by atoms with van der Waals surface area (Å²) in [7, 11) is 0. The number of carbonyl (C=O) groups is 1. The Balaban J connectivity index is 1.34. The second-order valence-corrected chi connectivity index (χ2v) is 9.34. The Bertz CT molecular complexity index is 1490. The van der Waals surface area contributed by atoms with Gasteiger partial charge in [-0.15, -0.1) is 0 Å². The Morgan fingerprint density at radius 2 is 1.87 bits per heavy atom. The maximum Gasteiger partial charge on any atom is 0.387 e. The summed E-state index contributed by atoms with van der Waals surface area (Å²) in [4.78, 5) is 28.3. The smallest absolute Gasteiger partial charge is 0.387 e. The highest BCUT2D eigenvalue weighted by Crippen LogP contribution is 2.26. The van der Waals surface area contributed by atoms with Crippen LogP contribution in [0.5, 0.6) is 5.75 Å². The molecule has 1 aromatic carbocycles. The van der Waals surface area contributed by atoms with E-state index in [1.165, 1.54) is 36.4 Å². The molecule has 1 aliphatic heterocycles. The van der Waals surface area contributed by atoms with E-state index in [9.17, 15) is 18.0 Å². The Morgan fingerprint density at radius 3 is 2.64 bits per heavy atom. The van der Waals surface area contributed by atoms with Crippen molar-refractivity contribution in [2.45, 2.75) is 39.2 Å².